The molecule has 1 fully saturated rings. The molecule has 65 heavy (non-hydrogen) atoms. The van der Waals surface area contributed by atoms with Gasteiger partial charge >= 0.3 is 19.5 Å². The number of benzene rings is 3. The Morgan fingerprint density at radius 1 is 0.462 bits per heavy atom. The molecule has 2 aliphatic heterocycles. The molecule has 8 nitrogen and oxygen atoms in total. The van der Waals surface area contributed by atoms with Crippen LogP contribution in [0.1, 0.15) is 83.6 Å². The number of carbonyl (C=O) groups excluding carboxylic acids is 2. The Balaban J connectivity index is 0.00000533. The van der Waals surface area contributed by atoms with Gasteiger partial charge in [0.1, 0.15) is 0 Å². The second-order valence-corrected chi connectivity index (χ2v) is 17.3. The summed E-state index contributed by atoms with van der Waals surface area (Å²) in [5.41, 5.74) is 18.1. The average Bonchev–Trinajstić information content (AvgIpc) is 4.16. The molecular formula is C56H48N4O4Zn. The number of ether oxygens (including phenoxy) is 2. The summed E-state index contributed by atoms with van der Waals surface area (Å²) in [6.45, 7) is 8.02. The van der Waals surface area contributed by atoms with Crippen LogP contribution in [0.4, 0.5) is 0 Å². The van der Waals surface area contributed by atoms with Gasteiger partial charge in [-0.05, 0) is 128 Å². The summed E-state index contributed by atoms with van der Waals surface area (Å²) in [7, 11) is 2.81. The van der Waals surface area contributed by atoms with Crippen LogP contribution < -0.4 is 9.97 Å². The van der Waals surface area contributed by atoms with Crippen molar-refractivity contribution in [1.29, 1.82) is 0 Å². The van der Waals surface area contributed by atoms with Crippen molar-refractivity contribution in [3.63, 3.8) is 0 Å². The normalized spacial score (nSPS) is 17.1. The maximum absolute atomic E-state index is 13.9. The molecule has 3 aromatic heterocycles. The Morgan fingerprint density at radius 2 is 0.815 bits per heavy atom. The zero-order valence-corrected chi connectivity index (χ0v) is 40.6. The van der Waals surface area contributed by atoms with E-state index in [0.29, 0.717) is 24.0 Å². The van der Waals surface area contributed by atoms with Gasteiger partial charge in [-0.15, -0.1) is 22.1 Å². The molecule has 8 bridgehead atoms. The number of nitrogens with zero attached hydrogens (tertiary/aromatic N) is 4. The topological polar surface area (TPSA) is 107 Å². The summed E-state index contributed by atoms with van der Waals surface area (Å²) in [4.78, 5) is 49.0. The number of hydrogen-bond acceptors (Lipinski definition) is 6. The second kappa shape index (κ2) is 17.7. The summed E-state index contributed by atoms with van der Waals surface area (Å²) in [6, 6.07) is 34.1. The molecule has 2 aliphatic carbocycles. The van der Waals surface area contributed by atoms with Crippen molar-refractivity contribution in [2.75, 3.05) is 14.2 Å². The number of Topliss-reactive ketones (excluding diaryl/α,β-unsaturated/α-hetero) is 2. The molecule has 5 heterocycles. The van der Waals surface area contributed by atoms with Crippen LogP contribution in [0, 0.1) is 26.7 Å². The van der Waals surface area contributed by atoms with Crippen LogP contribution in [-0.2, 0) is 38.5 Å². The number of aryl methyl sites for hydroxylation is 3. The van der Waals surface area contributed by atoms with Gasteiger partial charge in [-0.1, -0.05) is 114 Å². The van der Waals surface area contributed by atoms with Crippen molar-refractivity contribution in [2.45, 2.75) is 59.3 Å². The van der Waals surface area contributed by atoms with Gasteiger partial charge < -0.3 is 19.4 Å². The van der Waals surface area contributed by atoms with Gasteiger partial charge in [0.15, 0.2) is 0 Å². The van der Waals surface area contributed by atoms with E-state index in [0.717, 1.165) is 96.6 Å². The number of allylic oxidation sites excluding steroid dienone is 2. The van der Waals surface area contributed by atoms with E-state index in [1.165, 1.54) is 30.9 Å². The van der Waals surface area contributed by atoms with Crippen LogP contribution >= 0.6 is 0 Å². The number of aromatic nitrogens is 4. The number of ketones is 2. The van der Waals surface area contributed by atoms with E-state index in [1.54, 1.807) is 6.92 Å². The summed E-state index contributed by atoms with van der Waals surface area (Å²) in [6.07, 6.45) is 11.4. The maximum atomic E-state index is 13.9. The van der Waals surface area contributed by atoms with Crippen molar-refractivity contribution in [2.24, 2.45) is 5.92 Å². The Labute approximate surface area is 392 Å². The first-order chi connectivity index (χ1) is 31.1. The standard InChI is InChI=1S/C56H48N4O4.Zn/c1-31-7-13-36(14-8-31)49-40-23-25-42(57-40)50(37-15-9-32(2)10-16-37)44-27-29-46(59-44)52(39-21-19-35(20-22-39)48-34(4)53(61)55(63-5)56(64-6)54(48)62)47-30-28-45(60-47)51(43-26-24-41(49)58-43)38-17-11-33(3)12-18-38;/h7-18,23-30,35,39H,19-22H2,1-6H3;/q-2;+2. The molecule has 1 saturated carbocycles. The SMILES string of the molecule is COC1=C(OC)C(=O)C(C2CCC(c3c4nc(c(-c5ccc(C)cc5)c5ccc([n-]5)c(-c5ccc(C)cc5)c5nc(c(-c6ccc(C)cc6)c6ccc3[n-]6)C=C5)C=C4)CC2)=C(C)C1=O.[Zn+2]. The maximum Gasteiger partial charge on any atom is 2.00 e. The van der Waals surface area contributed by atoms with Gasteiger partial charge in [0.25, 0.3) is 0 Å². The molecule has 6 aromatic rings. The third-order valence-electron chi connectivity index (χ3n) is 13.2. The van der Waals surface area contributed by atoms with Crippen LogP contribution in [0.15, 0.2) is 120 Å². The first-order valence-electron chi connectivity index (χ1n) is 22.0. The number of hydrogen-bond donors (Lipinski definition) is 0. The molecule has 0 saturated heterocycles. The summed E-state index contributed by atoms with van der Waals surface area (Å²) < 4.78 is 10.8. The Kier molecular flexibility index (Phi) is 11.9. The molecule has 4 aliphatic rings. The van der Waals surface area contributed by atoms with Crippen molar-refractivity contribution in [3.05, 3.63) is 165 Å². The van der Waals surface area contributed by atoms with Crippen LogP contribution in [0.3, 0.4) is 0 Å². The molecule has 9 heteroatoms. The molecule has 0 amide bonds. The van der Waals surface area contributed by atoms with E-state index in [1.807, 2.05) is 0 Å². The van der Waals surface area contributed by atoms with Gasteiger partial charge in [0.2, 0.25) is 23.1 Å². The Hall–Kier alpha value is -6.70. The molecule has 0 N–H and O–H groups in total. The zero-order chi connectivity index (χ0) is 44.2. The van der Waals surface area contributed by atoms with E-state index >= 15 is 0 Å². The van der Waals surface area contributed by atoms with Crippen molar-refractivity contribution >= 4 is 57.9 Å². The molecule has 0 unspecified atom stereocenters. The molecule has 318 valence electrons. The third kappa shape index (κ3) is 7.86. The van der Waals surface area contributed by atoms with Gasteiger partial charge in [0, 0.05) is 11.1 Å². The minimum absolute atomic E-state index is 0. The second-order valence-electron chi connectivity index (χ2n) is 17.3. The fourth-order valence-corrected chi connectivity index (χ4v) is 9.90. The van der Waals surface area contributed by atoms with Crippen LogP contribution in [0.25, 0.3) is 79.8 Å². The first-order valence-corrected chi connectivity index (χ1v) is 22.0. The molecule has 0 spiro atoms. The van der Waals surface area contributed by atoms with Crippen molar-refractivity contribution < 1.29 is 38.5 Å². The van der Waals surface area contributed by atoms with Gasteiger partial charge in [-0.25, -0.2) is 9.97 Å². The smallest absolute Gasteiger partial charge is 0.657 e. The van der Waals surface area contributed by atoms with Gasteiger partial charge in [0.05, 0.1) is 37.0 Å². The fourth-order valence-electron chi connectivity index (χ4n) is 9.90. The summed E-state index contributed by atoms with van der Waals surface area (Å²) in [5.74, 6) is -0.643. The third-order valence-corrected chi connectivity index (χ3v) is 13.2. The minimum Gasteiger partial charge on any atom is -0.657 e. The molecule has 3 aromatic carbocycles. The average molecular weight is 906 g/mol. The van der Waals surface area contributed by atoms with E-state index < -0.39 is 0 Å². The van der Waals surface area contributed by atoms with Crippen LogP contribution in [0.5, 0.6) is 0 Å². The predicted molar refractivity (Wildman–Crippen MR) is 256 cm³/mol. The quantitative estimate of drug-likeness (QED) is 0.115. The number of carbonyl (C=O) groups is 2. The predicted octanol–water partition coefficient (Wildman–Crippen LogP) is 12.1. The van der Waals surface area contributed by atoms with E-state index in [4.69, 9.17) is 29.4 Å². The first kappa shape index (κ1) is 43.5. The Bertz CT molecular complexity index is 3150. The van der Waals surface area contributed by atoms with Gasteiger partial charge in [-0.2, -0.15) is 0 Å². The van der Waals surface area contributed by atoms with Gasteiger partial charge in [-0.3, -0.25) is 9.59 Å². The van der Waals surface area contributed by atoms with Crippen molar-refractivity contribution in [3.8, 4) is 33.4 Å². The van der Waals surface area contributed by atoms with Crippen LogP contribution in [0.2, 0.25) is 0 Å². The van der Waals surface area contributed by atoms with Crippen LogP contribution in [-0.4, -0.2) is 35.8 Å². The Morgan fingerprint density at radius 3 is 1.25 bits per heavy atom. The number of fused-ring (bicyclic) bond motifs is 8. The monoisotopic (exact) mass is 904 g/mol. The number of rotatable bonds is 7. The molecule has 0 radical (unpaired) electrons. The fraction of sp³-hybridized carbons (Fsp3) is 0.214. The molecule has 0 atom stereocenters. The summed E-state index contributed by atoms with van der Waals surface area (Å²) in [5, 5.41) is 0. The van der Waals surface area contributed by atoms with E-state index in [2.05, 4.69) is 142 Å². The zero-order valence-electron chi connectivity index (χ0n) is 37.7. The number of methoxy groups -OCH3 is 2. The van der Waals surface area contributed by atoms with E-state index in [9.17, 15) is 9.59 Å². The minimum atomic E-state index is -0.298. The molecule has 10 rings (SSSR count). The largest absolute Gasteiger partial charge is 2.00 e. The van der Waals surface area contributed by atoms with E-state index in [-0.39, 0.29) is 54.4 Å². The molecular weight excluding hydrogens is 858 g/mol. The summed E-state index contributed by atoms with van der Waals surface area (Å²) >= 11 is 0. The van der Waals surface area contributed by atoms with Crippen molar-refractivity contribution in [1.82, 2.24) is 19.9 Å².